The average molecular weight is 473 g/mol. The fraction of sp³-hybridized carbons (Fsp3) is 0.304. The van der Waals surface area contributed by atoms with Gasteiger partial charge in [-0.15, -0.1) is 0 Å². The number of hydrogen-bond acceptors (Lipinski definition) is 4. The third kappa shape index (κ3) is 4.95. The van der Waals surface area contributed by atoms with Crippen molar-refractivity contribution in [3.8, 4) is 0 Å². The Morgan fingerprint density at radius 2 is 1.91 bits per heavy atom. The number of nitrogens with one attached hydrogen (secondary N) is 1. The van der Waals surface area contributed by atoms with Crippen molar-refractivity contribution in [3.05, 3.63) is 68.7 Å². The van der Waals surface area contributed by atoms with Gasteiger partial charge in [-0.3, -0.25) is 19.0 Å². The number of nitrogens with zero attached hydrogens (tertiary/aromatic N) is 3. The van der Waals surface area contributed by atoms with Gasteiger partial charge in [0.2, 0.25) is 11.8 Å². The first-order valence-electron chi connectivity index (χ1n) is 10.3. The van der Waals surface area contributed by atoms with Gasteiger partial charge in [-0.2, -0.15) is 0 Å². The topological polar surface area (TPSA) is 84.3 Å². The normalized spacial score (nSPS) is 13.2. The minimum atomic E-state index is -0.349. The number of fused-ring (bicyclic) bond motifs is 1. The number of likely N-dealkylation sites (N-methyl/N-ethyl adjacent to an activating group) is 1. The fourth-order valence-corrected chi connectivity index (χ4v) is 3.86. The zero-order valence-electron chi connectivity index (χ0n) is 17.5. The number of hydrogen-bond donors (Lipinski definition) is 1. The molecular weight excluding hydrogens is 451 g/mol. The van der Waals surface area contributed by atoms with Crippen LogP contribution in [0.3, 0.4) is 0 Å². The van der Waals surface area contributed by atoms with E-state index in [9.17, 15) is 14.4 Å². The molecule has 4 rings (SSSR count). The Hall–Kier alpha value is -2.90. The molecule has 0 aliphatic heterocycles. The van der Waals surface area contributed by atoms with Crippen LogP contribution in [0.4, 0.5) is 5.69 Å². The number of carbonyl (C=O) groups excluding carboxylic acids is 2. The fourth-order valence-electron chi connectivity index (χ4n) is 3.57. The van der Waals surface area contributed by atoms with E-state index in [0.717, 1.165) is 12.8 Å². The summed E-state index contributed by atoms with van der Waals surface area (Å²) in [6.07, 6.45) is 2.35. The molecule has 0 bridgehead atoms. The average Bonchev–Trinajstić information content (AvgIpc) is 3.59. The Bertz CT molecular complexity index is 1250. The Balaban J connectivity index is 1.40. The van der Waals surface area contributed by atoms with Crippen LogP contribution in [0.2, 0.25) is 10.0 Å². The molecule has 1 fully saturated rings. The molecule has 1 saturated carbocycles. The first-order chi connectivity index (χ1) is 15.3. The van der Waals surface area contributed by atoms with Crippen molar-refractivity contribution in [3.63, 3.8) is 0 Å². The van der Waals surface area contributed by atoms with Crippen molar-refractivity contribution in [1.29, 1.82) is 0 Å². The molecule has 3 aromatic rings. The lowest BCUT2D eigenvalue weighted by molar-refractivity contribution is -0.133. The van der Waals surface area contributed by atoms with E-state index in [-0.39, 0.29) is 36.4 Å². The maximum Gasteiger partial charge on any atom is 0.261 e. The quantitative estimate of drug-likeness (QED) is 0.561. The summed E-state index contributed by atoms with van der Waals surface area (Å²) in [5.74, 6) is 0.0511. The van der Waals surface area contributed by atoms with E-state index < -0.39 is 0 Å². The van der Waals surface area contributed by atoms with Crippen molar-refractivity contribution < 1.29 is 9.59 Å². The van der Waals surface area contributed by atoms with E-state index >= 15 is 0 Å². The van der Waals surface area contributed by atoms with E-state index in [4.69, 9.17) is 23.2 Å². The lowest BCUT2D eigenvalue weighted by atomic mass is 10.2. The molecule has 166 valence electrons. The molecular formula is C23H22Cl2N4O3. The second kappa shape index (κ2) is 9.30. The van der Waals surface area contributed by atoms with Gasteiger partial charge in [-0.1, -0.05) is 35.3 Å². The number of aryl methyl sites for hydroxylation is 1. The highest BCUT2D eigenvalue weighted by Crippen LogP contribution is 2.35. The van der Waals surface area contributed by atoms with Crippen molar-refractivity contribution >= 4 is 51.6 Å². The summed E-state index contributed by atoms with van der Waals surface area (Å²) in [5, 5.41) is 4.01. The second-order valence-corrected chi connectivity index (χ2v) is 8.69. The first kappa shape index (κ1) is 22.3. The second-order valence-electron chi connectivity index (χ2n) is 7.88. The van der Waals surface area contributed by atoms with Gasteiger partial charge >= 0.3 is 0 Å². The van der Waals surface area contributed by atoms with Crippen molar-refractivity contribution in [1.82, 2.24) is 14.5 Å². The van der Waals surface area contributed by atoms with Crippen LogP contribution in [0.15, 0.2) is 47.3 Å². The van der Waals surface area contributed by atoms with Crippen LogP contribution in [0, 0.1) is 0 Å². The van der Waals surface area contributed by atoms with Crippen LogP contribution >= 0.6 is 23.2 Å². The number of benzene rings is 2. The summed E-state index contributed by atoms with van der Waals surface area (Å²) in [6.45, 7) is -0.111. The van der Waals surface area contributed by atoms with Crippen LogP contribution < -0.4 is 10.9 Å². The lowest BCUT2D eigenvalue weighted by Gasteiger charge is -2.18. The van der Waals surface area contributed by atoms with Crippen LogP contribution in [0.25, 0.3) is 10.9 Å². The summed E-state index contributed by atoms with van der Waals surface area (Å²) >= 11 is 11.8. The lowest BCUT2D eigenvalue weighted by Crippen LogP contribution is -2.35. The van der Waals surface area contributed by atoms with Gasteiger partial charge < -0.3 is 10.2 Å². The molecule has 0 spiro atoms. The van der Waals surface area contributed by atoms with Crippen molar-refractivity contribution in [2.24, 2.45) is 0 Å². The number of halogens is 2. The number of para-hydroxylation sites is 1. The van der Waals surface area contributed by atoms with Crippen LogP contribution in [-0.2, 0) is 16.0 Å². The van der Waals surface area contributed by atoms with Crippen LogP contribution in [-0.4, -0.2) is 39.9 Å². The number of aromatic nitrogens is 2. The van der Waals surface area contributed by atoms with Crippen LogP contribution in [0.5, 0.6) is 0 Å². The Morgan fingerprint density at radius 1 is 1.16 bits per heavy atom. The molecule has 2 aromatic carbocycles. The molecule has 7 nitrogen and oxygen atoms in total. The van der Waals surface area contributed by atoms with Crippen molar-refractivity contribution in [2.45, 2.75) is 31.7 Å². The molecule has 1 N–H and O–H groups in total. The van der Waals surface area contributed by atoms with Gasteiger partial charge in [-0.05, 0) is 43.2 Å². The SMILES string of the molecule is CN(CC(=O)Nc1ccc(Cl)c(Cl)c1)C(=O)CCc1nc2ccccc2c(=O)n1C1CC1. The molecule has 0 atom stereocenters. The Morgan fingerprint density at radius 3 is 2.62 bits per heavy atom. The van der Waals surface area contributed by atoms with Gasteiger partial charge in [0.1, 0.15) is 5.82 Å². The van der Waals surface area contributed by atoms with E-state index in [0.29, 0.717) is 38.9 Å². The largest absolute Gasteiger partial charge is 0.336 e. The van der Waals surface area contributed by atoms with Gasteiger partial charge in [-0.25, -0.2) is 4.98 Å². The first-order valence-corrected chi connectivity index (χ1v) is 11.1. The summed E-state index contributed by atoms with van der Waals surface area (Å²) in [4.78, 5) is 43.9. The minimum absolute atomic E-state index is 0.0603. The van der Waals surface area contributed by atoms with E-state index in [1.807, 2.05) is 12.1 Å². The zero-order chi connectivity index (χ0) is 22.8. The highest BCUT2D eigenvalue weighted by atomic mass is 35.5. The predicted molar refractivity (Wildman–Crippen MR) is 125 cm³/mol. The van der Waals surface area contributed by atoms with Crippen LogP contribution in [0.1, 0.15) is 31.1 Å². The molecule has 1 aliphatic carbocycles. The monoisotopic (exact) mass is 472 g/mol. The Kier molecular flexibility index (Phi) is 6.48. The van der Waals surface area contributed by atoms with Gasteiger partial charge in [0, 0.05) is 31.6 Å². The highest BCUT2D eigenvalue weighted by molar-refractivity contribution is 6.42. The number of amides is 2. The molecule has 2 amide bonds. The van der Waals surface area contributed by atoms with Crippen molar-refractivity contribution in [2.75, 3.05) is 18.9 Å². The highest BCUT2D eigenvalue weighted by Gasteiger charge is 2.28. The third-order valence-electron chi connectivity index (χ3n) is 5.37. The molecule has 0 saturated heterocycles. The summed E-state index contributed by atoms with van der Waals surface area (Å²) < 4.78 is 1.73. The summed E-state index contributed by atoms with van der Waals surface area (Å²) in [7, 11) is 1.57. The van der Waals surface area contributed by atoms with Gasteiger partial charge in [0.05, 0.1) is 27.5 Å². The molecule has 32 heavy (non-hydrogen) atoms. The third-order valence-corrected chi connectivity index (χ3v) is 6.10. The zero-order valence-corrected chi connectivity index (χ0v) is 19.0. The Labute approximate surface area is 194 Å². The smallest absolute Gasteiger partial charge is 0.261 e. The predicted octanol–water partition coefficient (Wildman–Crippen LogP) is 4.07. The molecule has 9 heteroatoms. The maximum atomic E-state index is 12.9. The molecule has 0 radical (unpaired) electrons. The van der Waals surface area contributed by atoms with E-state index in [1.165, 1.54) is 4.90 Å². The number of rotatable bonds is 7. The van der Waals surface area contributed by atoms with E-state index in [2.05, 4.69) is 10.3 Å². The van der Waals surface area contributed by atoms with Gasteiger partial charge in [0.25, 0.3) is 5.56 Å². The summed E-state index contributed by atoms with van der Waals surface area (Å²) in [6, 6.07) is 12.2. The number of anilines is 1. The number of carbonyl (C=O) groups is 2. The molecule has 1 heterocycles. The summed E-state index contributed by atoms with van der Waals surface area (Å²) in [5.41, 5.74) is 1.07. The molecule has 0 unspecified atom stereocenters. The minimum Gasteiger partial charge on any atom is -0.336 e. The maximum absolute atomic E-state index is 12.9. The molecule has 1 aromatic heterocycles. The molecule has 1 aliphatic rings. The standard InChI is InChI=1S/C23H22Cl2N4O3/c1-28(13-21(30)26-14-6-9-17(24)18(25)12-14)22(31)11-10-20-27-19-5-3-2-4-16(19)23(32)29(20)15-7-8-15/h2-6,9,12,15H,7-8,10-11,13H2,1H3,(H,26,30). The van der Waals surface area contributed by atoms with Gasteiger partial charge in [0.15, 0.2) is 0 Å². The van der Waals surface area contributed by atoms with E-state index in [1.54, 1.807) is 41.9 Å².